The molecule has 0 radical (unpaired) electrons. The maximum absolute atomic E-state index is 13.8. The highest BCUT2D eigenvalue weighted by Crippen LogP contribution is 2.24. The number of nitrogens with zero attached hydrogens (tertiary/aromatic N) is 1. The average molecular weight is 465 g/mol. The second kappa shape index (κ2) is 9.50. The second-order valence-electron chi connectivity index (χ2n) is 5.30. The minimum Gasteiger partial charge on any atom is -0.434 e. The van der Waals surface area contributed by atoms with Crippen LogP contribution in [0.2, 0.25) is 0 Å². The standard InChI is InChI=1S/C17H18F3N3O.HI/c1-10-6-11(2)8-12(7-10)23-17(21)22-9-13-14(18)4-3-5-15(13)24-16(19)20;/h3-8,16H,9H2,1-2H3,(H3,21,22,23);1H. The fraction of sp³-hybridized carbons (Fsp3) is 0.235. The van der Waals surface area contributed by atoms with Gasteiger partial charge >= 0.3 is 6.61 Å². The maximum atomic E-state index is 13.8. The Labute approximate surface area is 161 Å². The summed E-state index contributed by atoms with van der Waals surface area (Å²) in [5.41, 5.74) is 8.54. The Hall–Kier alpha value is -1.97. The molecule has 0 saturated heterocycles. The Morgan fingerprint density at radius 3 is 2.44 bits per heavy atom. The molecule has 25 heavy (non-hydrogen) atoms. The number of nitrogens with one attached hydrogen (secondary N) is 1. The predicted octanol–water partition coefficient (Wildman–Crippen LogP) is 4.59. The van der Waals surface area contributed by atoms with Crippen LogP contribution in [0.15, 0.2) is 41.4 Å². The van der Waals surface area contributed by atoms with Gasteiger partial charge in [-0.05, 0) is 49.2 Å². The van der Waals surface area contributed by atoms with Crippen molar-refractivity contribution in [3.05, 3.63) is 58.9 Å². The van der Waals surface area contributed by atoms with E-state index in [0.29, 0.717) is 0 Å². The molecule has 3 N–H and O–H groups in total. The molecule has 0 spiro atoms. The first-order chi connectivity index (χ1) is 11.3. The molecule has 0 aliphatic rings. The normalized spacial score (nSPS) is 11.2. The summed E-state index contributed by atoms with van der Waals surface area (Å²) in [6.45, 7) is 0.621. The van der Waals surface area contributed by atoms with Gasteiger partial charge in [-0.15, -0.1) is 24.0 Å². The minimum atomic E-state index is -3.04. The van der Waals surface area contributed by atoms with Crippen molar-refractivity contribution in [3.63, 3.8) is 0 Å². The molecular formula is C17H19F3IN3O. The van der Waals surface area contributed by atoms with Crippen molar-refractivity contribution in [2.45, 2.75) is 27.0 Å². The summed E-state index contributed by atoms with van der Waals surface area (Å²) in [6, 6.07) is 9.46. The lowest BCUT2D eigenvalue weighted by atomic mass is 10.1. The number of guanidine groups is 1. The number of hydrogen-bond acceptors (Lipinski definition) is 2. The molecule has 4 nitrogen and oxygen atoms in total. The van der Waals surface area contributed by atoms with Crippen molar-refractivity contribution in [1.82, 2.24) is 0 Å². The summed E-state index contributed by atoms with van der Waals surface area (Å²) < 4.78 is 42.9. The zero-order valence-electron chi connectivity index (χ0n) is 13.7. The smallest absolute Gasteiger partial charge is 0.387 e. The van der Waals surface area contributed by atoms with E-state index in [4.69, 9.17) is 5.73 Å². The van der Waals surface area contributed by atoms with Gasteiger partial charge in [-0.25, -0.2) is 9.38 Å². The molecule has 0 saturated carbocycles. The van der Waals surface area contributed by atoms with E-state index in [0.717, 1.165) is 22.9 Å². The van der Waals surface area contributed by atoms with Gasteiger partial charge in [-0.1, -0.05) is 12.1 Å². The highest BCUT2D eigenvalue weighted by molar-refractivity contribution is 14.0. The first kappa shape index (κ1) is 21.1. The van der Waals surface area contributed by atoms with Crippen LogP contribution in [0.3, 0.4) is 0 Å². The number of aryl methyl sites for hydroxylation is 2. The Morgan fingerprint density at radius 1 is 1.20 bits per heavy atom. The van der Waals surface area contributed by atoms with E-state index in [9.17, 15) is 13.2 Å². The molecule has 136 valence electrons. The van der Waals surface area contributed by atoms with Gasteiger partial charge < -0.3 is 15.8 Å². The van der Waals surface area contributed by atoms with E-state index < -0.39 is 12.4 Å². The third kappa shape index (κ3) is 6.45. The Bertz CT molecular complexity index is 734. The van der Waals surface area contributed by atoms with Gasteiger partial charge in [-0.2, -0.15) is 8.78 Å². The van der Waals surface area contributed by atoms with Gasteiger partial charge in [-0.3, -0.25) is 0 Å². The van der Waals surface area contributed by atoms with E-state index in [1.807, 2.05) is 32.0 Å². The van der Waals surface area contributed by atoms with Gasteiger partial charge in [0.15, 0.2) is 5.96 Å². The Kier molecular flexibility index (Phi) is 8.01. The number of hydrogen-bond donors (Lipinski definition) is 2. The predicted molar refractivity (Wildman–Crippen MR) is 103 cm³/mol. The highest BCUT2D eigenvalue weighted by Gasteiger charge is 2.13. The molecular weight excluding hydrogens is 446 g/mol. The third-order valence-corrected chi connectivity index (χ3v) is 3.19. The van der Waals surface area contributed by atoms with E-state index >= 15 is 0 Å². The van der Waals surface area contributed by atoms with E-state index in [-0.39, 0.29) is 47.8 Å². The van der Waals surface area contributed by atoms with Crippen LogP contribution in [0.25, 0.3) is 0 Å². The second-order valence-corrected chi connectivity index (χ2v) is 5.30. The number of alkyl halides is 2. The summed E-state index contributed by atoms with van der Waals surface area (Å²) >= 11 is 0. The molecule has 2 aromatic rings. The lowest BCUT2D eigenvalue weighted by Gasteiger charge is -2.11. The number of rotatable bonds is 5. The van der Waals surface area contributed by atoms with Crippen molar-refractivity contribution in [2.24, 2.45) is 10.7 Å². The molecule has 0 atom stereocenters. The number of nitrogens with two attached hydrogens (primary N) is 1. The van der Waals surface area contributed by atoms with Gasteiger partial charge in [0.1, 0.15) is 11.6 Å². The van der Waals surface area contributed by atoms with Gasteiger partial charge in [0.2, 0.25) is 0 Å². The monoisotopic (exact) mass is 465 g/mol. The minimum absolute atomic E-state index is 0. The molecule has 0 unspecified atom stereocenters. The van der Waals surface area contributed by atoms with Gasteiger partial charge in [0.25, 0.3) is 0 Å². The van der Waals surface area contributed by atoms with Crippen LogP contribution < -0.4 is 15.8 Å². The Balaban J connectivity index is 0.00000312. The van der Waals surface area contributed by atoms with Crippen LogP contribution >= 0.6 is 24.0 Å². The summed E-state index contributed by atoms with van der Waals surface area (Å²) in [6.07, 6.45) is 0. The van der Waals surface area contributed by atoms with Crippen molar-refractivity contribution < 1.29 is 17.9 Å². The lowest BCUT2D eigenvalue weighted by molar-refractivity contribution is -0.0506. The molecule has 0 fully saturated rings. The molecule has 2 aromatic carbocycles. The van der Waals surface area contributed by atoms with Gasteiger partial charge in [0, 0.05) is 5.69 Å². The average Bonchev–Trinajstić information content (AvgIpc) is 2.44. The van der Waals surface area contributed by atoms with Crippen LogP contribution in [0.4, 0.5) is 18.9 Å². The number of benzene rings is 2. The summed E-state index contributed by atoms with van der Waals surface area (Å²) in [4.78, 5) is 4.00. The third-order valence-electron chi connectivity index (χ3n) is 3.19. The van der Waals surface area contributed by atoms with Gasteiger partial charge in [0.05, 0.1) is 12.1 Å². The number of aliphatic imine (C=N–C) groups is 1. The molecule has 0 heterocycles. The van der Waals surface area contributed by atoms with Crippen molar-refractivity contribution in [1.29, 1.82) is 0 Å². The molecule has 0 amide bonds. The largest absolute Gasteiger partial charge is 0.434 e. The maximum Gasteiger partial charge on any atom is 0.387 e. The van der Waals surface area contributed by atoms with Crippen LogP contribution in [0, 0.1) is 19.7 Å². The first-order valence-corrected chi connectivity index (χ1v) is 7.22. The van der Waals surface area contributed by atoms with Crippen molar-refractivity contribution in [3.8, 4) is 5.75 Å². The molecule has 8 heteroatoms. The molecule has 0 aromatic heterocycles. The van der Waals surface area contributed by atoms with Crippen LogP contribution in [-0.4, -0.2) is 12.6 Å². The van der Waals surface area contributed by atoms with Crippen LogP contribution in [-0.2, 0) is 6.54 Å². The quantitative estimate of drug-likeness (QED) is 0.386. The fourth-order valence-electron chi connectivity index (χ4n) is 2.30. The van der Waals surface area contributed by atoms with E-state index in [2.05, 4.69) is 15.0 Å². The summed E-state index contributed by atoms with van der Waals surface area (Å²) in [5.74, 6) is -0.893. The lowest BCUT2D eigenvalue weighted by Crippen LogP contribution is -2.22. The molecule has 0 aliphatic carbocycles. The van der Waals surface area contributed by atoms with E-state index in [1.165, 1.54) is 12.1 Å². The van der Waals surface area contributed by atoms with Crippen LogP contribution in [0.1, 0.15) is 16.7 Å². The van der Waals surface area contributed by atoms with Crippen molar-refractivity contribution in [2.75, 3.05) is 5.32 Å². The molecule has 0 bridgehead atoms. The zero-order chi connectivity index (χ0) is 17.7. The fourth-order valence-corrected chi connectivity index (χ4v) is 2.30. The zero-order valence-corrected chi connectivity index (χ0v) is 16.1. The molecule has 2 rings (SSSR count). The summed E-state index contributed by atoms with van der Waals surface area (Å²) in [7, 11) is 0. The van der Waals surface area contributed by atoms with E-state index in [1.54, 1.807) is 0 Å². The Morgan fingerprint density at radius 2 is 1.84 bits per heavy atom. The number of anilines is 1. The highest BCUT2D eigenvalue weighted by atomic mass is 127. The first-order valence-electron chi connectivity index (χ1n) is 7.22. The summed E-state index contributed by atoms with van der Waals surface area (Å²) in [5, 5.41) is 2.89. The van der Waals surface area contributed by atoms with Crippen molar-refractivity contribution >= 4 is 35.6 Å². The SMILES string of the molecule is Cc1cc(C)cc(NC(N)=NCc2c(F)cccc2OC(F)F)c1.I. The topological polar surface area (TPSA) is 59.6 Å². The number of halogens is 4. The van der Waals surface area contributed by atoms with Crippen LogP contribution in [0.5, 0.6) is 5.75 Å². The number of ether oxygens (including phenoxy) is 1. The molecule has 0 aliphatic heterocycles.